The Bertz CT molecular complexity index is 347. The molecule has 0 heterocycles. The highest BCUT2D eigenvalue weighted by molar-refractivity contribution is 5.66. The Morgan fingerprint density at radius 2 is 1.20 bits per heavy atom. The van der Waals surface area contributed by atoms with E-state index in [1.165, 1.54) is 13.8 Å². The molecule has 0 aliphatic carbocycles. The molecule has 25 heavy (non-hydrogen) atoms. The van der Waals surface area contributed by atoms with Gasteiger partial charge in [-0.25, -0.2) is 0 Å². The van der Waals surface area contributed by atoms with Gasteiger partial charge in [0.25, 0.3) is 0 Å². The summed E-state index contributed by atoms with van der Waals surface area (Å²) < 4.78 is 15.0. The van der Waals surface area contributed by atoms with E-state index in [2.05, 4.69) is 0 Å². The zero-order valence-corrected chi connectivity index (χ0v) is 15.6. The number of aliphatic hydroxyl groups excluding tert-OH is 2. The minimum atomic E-state index is -0.698. The second kappa shape index (κ2) is 14.0. The van der Waals surface area contributed by atoms with Crippen LogP contribution in [0.3, 0.4) is 0 Å². The standard InChI is InChI=1S/C16H32N2O7/c1-13(19)24-7-5-17(3)9-15(21)11-23-12-16(22)10-18(4)6-8-25-14(2)20/h15-16,21-22H,5-12H2,1-4H3. The molecule has 0 aromatic rings. The summed E-state index contributed by atoms with van der Waals surface area (Å²) in [6.45, 7) is 5.25. The molecule has 0 rings (SSSR count). The van der Waals surface area contributed by atoms with Crippen molar-refractivity contribution in [2.75, 3.05) is 66.7 Å². The summed E-state index contributed by atoms with van der Waals surface area (Å²) in [5.74, 6) is -0.659. The Kier molecular flexibility index (Phi) is 13.3. The van der Waals surface area contributed by atoms with Crippen LogP contribution in [0.1, 0.15) is 13.8 Å². The molecular weight excluding hydrogens is 332 g/mol. The van der Waals surface area contributed by atoms with Crippen LogP contribution in [-0.2, 0) is 23.8 Å². The molecule has 0 fully saturated rings. The van der Waals surface area contributed by atoms with Gasteiger partial charge in [0.05, 0.1) is 25.4 Å². The zero-order chi connectivity index (χ0) is 19.2. The summed E-state index contributed by atoms with van der Waals surface area (Å²) in [6.07, 6.45) is -1.40. The average Bonchev–Trinajstić information content (AvgIpc) is 2.45. The first-order valence-corrected chi connectivity index (χ1v) is 8.28. The normalized spacial score (nSPS) is 13.8. The van der Waals surface area contributed by atoms with Crippen LogP contribution in [0.25, 0.3) is 0 Å². The van der Waals surface area contributed by atoms with Crippen LogP contribution in [0.4, 0.5) is 0 Å². The minimum absolute atomic E-state index is 0.103. The smallest absolute Gasteiger partial charge is 0.302 e. The molecule has 2 N–H and O–H groups in total. The fourth-order valence-corrected chi connectivity index (χ4v) is 2.04. The van der Waals surface area contributed by atoms with Crippen molar-refractivity contribution >= 4 is 11.9 Å². The van der Waals surface area contributed by atoms with Gasteiger partial charge in [-0.3, -0.25) is 9.59 Å². The van der Waals surface area contributed by atoms with Crippen LogP contribution in [0, 0.1) is 0 Å². The van der Waals surface area contributed by atoms with Crippen molar-refractivity contribution in [1.29, 1.82) is 0 Å². The van der Waals surface area contributed by atoms with Gasteiger partial charge in [-0.1, -0.05) is 0 Å². The number of aliphatic hydroxyl groups is 2. The first kappa shape index (κ1) is 23.7. The molecule has 0 spiro atoms. The molecule has 9 heteroatoms. The van der Waals surface area contributed by atoms with Crippen molar-refractivity contribution in [1.82, 2.24) is 9.80 Å². The van der Waals surface area contributed by atoms with Crippen molar-refractivity contribution in [2.45, 2.75) is 26.1 Å². The molecule has 2 atom stereocenters. The van der Waals surface area contributed by atoms with Gasteiger partial charge < -0.3 is 34.2 Å². The predicted molar refractivity (Wildman–Crippen MR) is 91.1 cm³/mol. The van der Waals surface area contributed by atoms with E-state index in [0.717, 1.165) is 0 Å². The van der Waals surface area contributed by atoms with Crippen LogP contribution < -0.4 is 0 Å². The minimum Gasteiger partial charge on any atom is -0.465 e. The molecule has 0 aliphatic rings. The SMILES string of the molecule is CC(=O)OCCN(C)CC(O)COCC(O)CN(C)CCOC(C)=O. The molecule has 2 unspecified atom stereocenters. The second-order valence-corrected chi connectivity index (χ2v) is 6.05. The highest BCUT2D eigenvalue weighted by Crippen LogP contribution is 1.95. The third-order valence-corrected chi connectivity index (χ3v) is 3.22. The molecule has 0 amide bonds. The fourth-order valence-electron chi connectivity index (χ4n) is 2.04. The molecule has 0 aromatic carbocycles. The number of nitrogens with zero attached hydrogens (tertiary/aromatic N) is 2. The second-order valence-electron chi connectivity index (χ2n) is 6.05. The largest absolute Gasteiger partial charge is 0.465 e. The molecule has 0 bridgehead atoms. The maximum Gasteiger partial charge on any atom is 0.302 e. The van der Waals surface area contributed by atoms with Crippen LogP contribution in [0.15, 0.2) is 0 Å². The Balaban J connectivity index is 3.72. The molecule has 9 nitrogen and oxygen atoms in total. The molecule has 0 radical (unpaired) electrons. The number of likely N-dealkylation sites (N-methyl/N-ethyl adjacent to an activating group) is 2. The van der Waals surface area contributed by atoms with E-state index < -0.39 is 12.2 Å². The van der Waals surface area contributed by atoms with E-state index in [0.29, 0.717) is 26.2 Å². The molecule has 0 saturated heterocycles. The zero-order valence-electron chi connectivity index (χ0n) is 15.6. The van der Waals surface area contributed by atoms with Gasteiger partial charge in [-0.2, -0.15) is 0 Å². The van der Waals surface area contributed by atoms with E-state index in [9.17, 15) is 19.8 Å². The summed E-state index contributed by atoms with van der Waals surface area (Å²) in [4.78, 5) is 25.0. The Morgan fingerprint density at radius 1 is 0.840 bits per heavy atom. The molecular formula is C16H32N2O7. The highest BCUT2D eigenvalue weighted by Gasteiger charge is 2.12. The Hall–Kier alpha value is -1.26. The lowest BCUT2D eigenvalue weighted by molar-refractivity contribution is -0.142. The van der Waals surface area contributed by atoms with E-state index >= 15 is 0 Å². The molecule has 0 aromatic heterocycles. The topological polar surface area (TPSA) is 109 Å². The Labute approximate surface area is 149 Å². The van der Waals surface area contributed by atoms with Crippen molar-refractivity contribution in [2.24, 2.45) is 0 Å². The van der Waals surface area contributed by atoms with Gasteiger partial charge in [0, 0.05) is 40.0 Å². The van der Waals surface area contributed by atoms with E-state index in [4.69, 9.17) is 14.2 Å². The predicted octanol–water partition coefficient (Wildman–Crippen LogP) is -1.29. The van der Waals surface area contributed by atoms with E-state index in [1.54, 1.807) is 14.1 Å². The average molecular weight is 364 g/mol. The number of carbonyl (C=O) groups excluding carboxylic acids is 2. The van der Waals surface area contributed by atoms with E-state index in [-0.39, 0.29) is 38.4 Å². The summed E-state index contributed by atoms with van der Waals surface area (Å²) in [6, 6.07) is 0. The number of hydrogen-bond donors (Lipinski definition) is 2. The first-order valence-electron chi connectivity index (χ1n) is 8.28. The lowest BCUT2D eigenvalue weighted by Gasteiger charge is -2.22. The number of esters is 2. The van der Waals surface area contributed by atoms with Crippen molar-refractivity contribution < 1.29 is 34.0 Å². The summed E-state index contributed by atoms with van der Waals surface area (Å²) in [7, 11) is 3.61. The lowest BCUT2D eigenvalue weighted by Crippen LogP contribution is -2.37. The first-order chi connectivity index (χ1) is 11.7. The van der Waals surface area contributed by atoms with Crippen molar-refractivity contribution in [3.8, 4) is 0 Å². The Morgan fingerprint density at radius 3 is 1.52 bits per heavy atom. The van der Waals surface area contributed by atoms with Crippen LogP contribution in [0.5, 0.6) is 0 Å². The van der Waals surface area contributed by atoms with Crippen LogP contribution in [0.2, 0.25) is 0 Å². The maximum atomic E-state index is 10.7. The van der Waals surface area contributed by atoms with Gasteiger partial charge in [0.2, 0.25) is 0 Å². The van der Waals surface area contributed by atoms with E-state index in [1.807, 2.05) is 9.80 Å². The third-order valence-electron chi connectivity index (χ3n) is 3.22. The van der Waals surface area contributed by atoms with Gasteiger partial charge in [-0.15, -0.1) is 0 Å². The molecule has 0 aliphatic heterocycles. The maximum absolute atomic E-state index is 10.7. The fraction of sp³-hybridized carbons (Fsp3) is 0.875. The highest BCUT2D eigenvalue weighted by atomic mass is 16.5. The summed E-state index contributed by atoms with van der Waals surface area (Å²) in [5.41, 5.74) is 0. The molecule has 148 valence electrons. The van der Waals surface area contributed by atoms with Gasteiger partial charge in [0.1, 0.15) is 13.2 Å². The van der Waals surface area contributed by atoms with Crippen LogP contribution >= 0.6 is 0 Å². The third kappa shape index (κ3) is 16.0. The number of rotatable bonds is 14. The summed E-state index contributed by atoms with van der Waals surface area (Å²) >= 11 is 0. The molecule has 0 saturated carbocycles. The lowest BCUT2D eigenvalue weighted by atomic mass is 10.3. The quantitative estimate of drug-likeness (QED) is 0.364. The van der Waals surface area contributed by atoms with Gasteiger partial charge >= 0.3 is 11.9 Å². The summed E-state index contributed by atoms with van der Waals surface area (Å²) in [5, 5.41) is 19.8. The number of hydrogen-bond acceptors (Lipinski definition) is 9. The van der Waals surface area contributed by atoms with Gasteiger partial charge in [0.15, 0.2) is 0 Å². The number of ether oxygens (including phenoxy) is 3. The van der Waals surface area contributed by atoms with Gasteiger partial charge in [-0.05, 0) is 14.1 Å². The van der Waals surface area contributed by atoms with Crippen LogP contribution in [-0.4, -0.2) is 111 Å². The monoisotopic (exact) mass is 364 g/mol. The van der Waals surface area contributed by atoms with Crippen molar-refractivity contribution in [3.05, 3.63) is 0 Å². The number of carbonyl (C=O) groups is 2. The van der Waals surface area contributed by atoms with Crippen molar-refractivity contribution in [3.63, 3.8) is 0 Å².